The maximum Gasteiger partial charge on any atom is 0.339 e. The van der Waals surface area contributed by atoms with Crippen LogP contribution in [0.25, 0.3) is 0 Å². The molecule has 0 aromatic carbocycles. The molecule has 74 valence electrons. The summed E-state index contributed by atoms with van der Waals surface area (Å²) in [6, 6.07) is 0. The van der Waals surface area contributed by atoms with Crippen molar-refractivity contribution in [2.24, 2.45) is 0 Å². The molecule has 1 fully saturated rings. The molecule has 0 amide bonds. The molecule has 4 heteroatoms. The van der Waals surface area contributed by atoms with Gasteiger partial charge in [-0.05, 0) is 26.7 Å². The molecule has 1 aliphatic rings. The lowest BCUT2D eigenvalue weighted by Crippen LogP contribution is -2.09. The second kappa shape index (κ2) is 3.04. The van der Waals surface area contributed by atoms with Crippen molar-refractivity contribution in [3.63, 3.8) is 0 Å². The number of nitrogens with zero attached hydrogens (tertiary/aromatic N) is 2. The minimum absolute atomic E-state index is 0.245. The summed E-state index contributed by atoms with van der Waals surface area (Å²) < 4.78 is 0. The van der Waals surface area contributed by atoms with Crippen LogP contribution in [0.3, 0.4) is 0 Å². The van der Waals surface area contributed by atoms with Crippen LogP contribution in [0.5, 0.6) is 0 Å². The first-order chi connectivity index (χ1) is 6.59. The molecule has 0 unspecified atom stereocenters. The Labute approximate surface area is 82.0 Å². The Morgan fingerprint density at radius 3 is 2.14 bits per heavy atom. The van der Waals surface area contributed by atoms with Crippen LogP contribution in [-0.2, 0) is 0 Å². The fraction of sp³-hybridized carbons (Fsp3) is 0.500. The van der Waals surface area contributed by atoms with Crippen molar-refractivity contribution in [1.82, 2.24) is 9.97 Å². The summed E-state index contributed by atoms with van der Waals surface area (Å²) >= 11 is 0. The summed E-state index contributed by atoms with van der Waals surface area (Å²) in [5.74, 6) is 0.336. The Morgan fingerprint density at radius 1 is 1.29 bits per heavy atom. The van der Waals surface area contributed by atoms with Gasteiger partial charge in [0.25, 0.3) is 0 Å². The van der Waals surface area contributed by atoms with Crippen molar-refractivity contribution in [3.05, 3.63) is 22.8 Å². The highest BCUT2D eigenvalue weighted by Crippen LogP contribution is 2.38. The average molecular weight is 192 g/mol. The van der Waals surface area contributed by atoms with E-state index in [1.165, 1.54) is 0 Å². The SMILES string of the molecule is Cc1nc(C2CC2)nc(C)c1C(=O)O. The summed E-state index contributed by atoms with van der Waals surface area (Å²) in [5, 5.41) is 8.91. The molecule has 1 aromatic heterocycles. The van der Waals surface area contributed by atoms with Gasteiger partial charge in [-0.3, -0.25) is 0 Å². The zero-order valence-electron chi connectivity index (χ0n) is 8.24. The van der Waals surface area contributed by atoms with Crippen LogP contribution in [-0.4, -0.2) is 21.0 Å². The van der Waals surface area contributed by atoms with Gasteiger partial charge in [-0.25, -0.2) is 14.8 Å². The number of hydrogen-bond acceptors (Lipinski definition) is 3. The van der Waals surface area contributed by atoms with E-state index < -0.39 is 5.97 Å². The lowest BCUT2D eigenvalue weighted by molar-refractivity contribution is 0.0694. The molecule has 0 saturated heterocycles. The van der Waals surface area contributed by atoms with E-state index in [0.717, 1.165) is 18.7 Å². The van der Waals surface area contributed by atoms with E-state index in [2.05, 4.69) is 9.97 Å². The van der Waals surface area contributed by atoms with Crippen LogP contribution in [0.1, 0.15) is 46.3 Å². The van der Waals surface area contributed by atoms with E-state index in [9.17, 15) is 4.79 Å². The van der Waals surface area contributed by atoms with Crippen molar-refractivity contribution in [3.8, 4) is 0 Å². The van der Waals surface area contributed by atoms with Crippen molar-refractivity contribution in [2.75, 3.05) is 0 Å². The molecule has 1 saturated carbocycles. The fourth-order valence-electron chi connectivity index (χ4n) is 1.58. The minimum atomic E-state index is -0.942. The Balaban J connectivity index is 2.49. The topological polar surface area (TPSA) is 63.1 Å². The molecule has 0 bridgehead atoms. The van der Waals surface area contributed by atoms with Gasteiger partial charge in [0.2, 0.25) is 0 Å². The molecule has 1 aromatic rings. The number of carboxylic acids is 1. The predicted molar refractivity (Wildman–Crippen MR) is 50.4 cm³/mol. The summed E-state index contributed by atoms with van der Waals surface area (Å²) in [4.78, 5) is 19.3. The van der Waals surface area contributed by atoms with Crippen molar-refractivity contribution in [1.29, 1.82) is 0 Å². The second-order valence-corrected chi connectivity index (χ2v) is 3.71. The number of rotatable bonds is 2. The number of aryl methyl sites for hydroxylation is 2. The zero-order valence-corrected chi connectivity index (χ0v) is 8.24. The van der Waals surface area contributed by atoms with Gasteiger partial charge < -0.3 is 5.11 Å². The van der Waals surface area contributed by atoms with E-state index in [-0.39, 0.29) is 5.56 Å². The standard InChI is InChI=1S/C10H12N2O2/c1-5-8(10(13)14)6(2)12-9(11-5)7-3-4-7/h7H,3-4H2,1-2H3,(H,13,14). The molecular formula is C10H12N2O2. The molecule has 1 heterocycles. The monoisotopic (exact) mass is 192 g/mol. The van der Waals surface area contributed by atoms with Gasteiger partial charge in [0.15, 0.2) is 0 Å². The summed E-state index contributed by atoms with van der Waals surface area (Å²) in [6.07, 6.45) is 2.26. The third kappa shape index (κ3) is 1.47. The third-order valence-corrected chi connectivity index (χ3v) is 2.44. The first-order valence-corrected chi connectivity index (χ1v) is 4.68. The summed E-state index contributed by atoms with van der Waals surface area (Å²) in [7, 11) is 0. The van der Waals surface area contributed by atoms with Crippen LogP contribution in [0.2, 0.25) is 0 Å². The molecule has 14 heavy (non-hydrogen) atoms. The Kier molecular flexibility index (Phi) is 1.98. The van der Waals surface area contributed by atoms with E-state index in [1.54, 1.807) is 13.8 Å². The largest absolute Gasteiger partial charge is 0.478 e. The van der Waals surface area contributed by atoms with E-state index in [0.29, 0.717) is 17.3 Å². The molecule has 2 rings (SSSR count). The van der Waals surface area contributed by atoms with Crippen LogP contribution in [0.15, 0.2) is 0 Å². The van der Waals surface area contributed by atoms with Gasteiger partial charge in [-0.1, -0.05) is 0 Å². The Hall–Kier alpha value is -1.45. The fourth-order valence-corrected chi connectivity index (χ4v) is 1.58. The Morgan fingerprint density at radius 2 is 1.79 bits per heavy atom. The highest BCUT2D eigenvalue weighted by molar-refractivity contribution is 5.89. The highest BCUT2D eigenvalue weighted by atomic mass is 16.4. The molecule has 1 N–H and O–H groups in total. The number of hydrogen-bond donors (Lipinski definition) is 1. The average Bonchev–Trinajstić information content (AvgIpc) is 2.83. The van der Waals surface area contributed by atoms with Gasteiger partial charge in [0.05, 0.1) is 11.4 Å². The van der Waals surface area contributed by atoms with Crippen molar-refractivity contribution in [2.45, 2.75) is 32.6 Å². The maximum absolute atomic E-state index is 10.9. The van der Waals surface area contributed by atoms with Crippen molar-refractivity contribution >= 4 is 5.97 Å². The predicted octanol–water partition coefficient (Wildman–Crippen LogP) is 1.67. The zero-order chi connectivity index (χ0) is 10.3. The van der Waals surface area contributed by atoms with Crippen LogP contribution < -0.4 is 0 Å². The first kappa shape index (κ1) is 9.12. The van der Waals surface area contributed by atoms with Crippen LogP contribution >= 0.6 is 0 Å². The summed E-state index contributed by atoms with van der Waals surface area (Å²) in [6.45, 7) is 3.45. The third-order valence-electron chi connectivity index (χ3n) is 2.44. The molecule has 0 spiro atoms. The van der Waals surface area contributed by atoms with Gasteiger partial charge >= 0.3 is 5.97 Å². The lowest BCUT2D eigenvalue weighted by atomic mass is 10.1. The molecule has 1 aliphatic carbocycles. The van der Waals surface area contributed by atoms with Crippen molar-refractivity contribution < 1.29 is 9.90 Å². The van der Waals surface area contributed by atoms with Crippen LogP contribution in [0.4, 0.5) is 0 Å². The van der Waals surface area contributed by atoms with E-state index in [1.807, 2.05) is 0 Å². The van der Waals surface area contributed by atoms with Gasteiger partial charge in [-0.15, -0.1) is 0 Å². The molecule has 0 aliphatic heterocycles. The normalized spacial score (nSPS) is 15.6. The van der Waals surface area contributed by atoms with Gasteiger partial charge in [0.1, 0.15) is 11.4 Å². The maximum atomic E-state index is 10.9. The number of aromatic nitrogens is 2. The van der Waals surface area contributed by atoms with Crippen LogP contribution in [0, 0.1) is 13.8 Å². The highest BCUT2D eigenvalue weighted by Gasteiger charge is 2.28. The summed E-state index contributed by atoms with van der Waals surface area (Å²) in [5.41, 5.74) is 1.40. The molecule has 4 nitrogen and oxygen atoms in total. The number of carbonyl (C=O) groups is 1. The van der Waals surface area contributed by atoms with E-state index in [4.69, 9.17) is 5.11 Å². The molecule has 0 radical (unpaired) electrons. The first-order valence-electron chi connectivity index (χ1n) is 4.68. The molecular weight excluding hydrogens is 180 g/mol. The van der Waals surface area contributed by atoms with Gasteiger partial charge in [0, 0.05) is 5.92 Å². The lowest BCUT2D eigenvalue weighted by Gasteiger charge is -2.06. The minimum Gasteiger partial charge on any atom is -0.478 e. The quantitative estimate of drug-likeness (QED) is 0.774. The van der Waals surface area contributed by atoms with Gasteiger partial charge in [-0.2, -0.15) is 0 Å². The number of aromatic carboxylic acids is 1. The number of carboxylic acid groups (broad SMARTS) is 1. The smallest absolute Gasteiger partial charge is 0.339 e. The van der Waals surface area contributed by atoms with E-state index >= 15 is 0 Å². The Bertz CT molecular complexity index is 374. The molecule has 0 atom stereocenters. The second-order valence-electron chi connectivity index (χ2n) is 3.71.